The summed E-state index contributed by atoms with van der Waals surface area (Å²) in [6.07, 6.45) is 10.0. The van der Waals surface area contributed by atoms with E-state index in [1.807, 2.05) is 30.2 Å². The third-order valence-corrected chi connectivity index (χ3v) is 5.64. The molecule has 142 valence electrons. The van der Waals surface area contributed by atoms with Crippen LogP contribution in [-0.2, 0) is 4.79 Å². The van der Waals surface area contributed by atoms with Crippen LogP contribution in [-0.4, -0.2) is 63.4 Å². The molecule has 1 amide bonds. The van der Waals surface area contributed by atoms with Gasteiger partial charge in [-0.15, -0.1) is 0 Å². The van der Waals surface area contributed by atoms with E-state index >= 15 is 0 Å². The maximum atomic E-state index is 12.6. The molecule has 2 aliphatic heterocycles. The van der Waals surface area contributed by atoms with Crippen molar-refractivity contribution in [3.8, 4) is 11.1 Å². The summed E-state index contributed by atoms with van der Waals surface area (Å²) in [6.45, 7) is 6.20. The Kier molecular flexibility index (Phi) is 5.43. The molecule has 27 heavy (non-hydrogen) atoms. The van der Waals surface area contributed by atoms with E-state index in [1.165, 1.54) is 0 Å². The van der Waals surface area contributed by atoms with E-state index in [9.17, 15) is 4.79 Å². The molecule has 0 saturated carbocycles. The zero-order valence-corrected chi connectivity index (χ0v) is 16.0. The van der Waals surface area contributed by atoms with Crippen LogP contribution in [0.15, 0.2) is 30.7 Å². The van der Waals surface area contributed by atoms with Gasteiger partial charge in [-0.05, 0) is 56.8 Å². The number of aromatic nitrogens is 3. The van der Waals surface area contributed by atoms with Crippen molar-refractivity contribution in [2.45, 2.75) is 38.5 Å². The molecule has 6 heteroatoms. The molecule has 0 N–H and O–H groups in total. The van der Waals surface area contributed by atoms with Crippen LogP contribution in [0.1, 0.15) is 43.1 Å². The summed E-state index contributed by atoms with van der Waals surface area (Å²) in [7, 11) is 0. The second kappa shape index (κ2) is 8.13. The van der Waals surface area contributed by atoms with Gasteiger partial charge < -0.3 is 4.90 Å². The molecule has 4 rings (SSSR count). The SMILES string of the molecule is Cc1ncc(-c2ccncc2)c([C@@H]2CCCN(CC(=O)N3CCCC3)C2)n1. The third-order valence-electron chi connectivity index (χ3n) is 5.64. The highest BCUT2D eigenvalue weighted by Gasteiger charge is 2.28. The number of carbonyl (C=O) groups is 1. The van der Waals surface area contributed by atoms with E-state index in [2.05, 4.69) is 14.9 Å². The second-order valence-electron chi connectivity index (χ2n) is 7.61. The van der Waals surface area contributed by atoms with Gasteiger partial charge in [0.15, 0.2) is 0 Å². The summed E-state index contributed by atoms with van der Waals surface area (Å²) in [6, 6.07) is 4.02. The number of carbonyl (C=O) groups excluding carboxylic acids is 1. The number of amides is 1. The fourth-order valence-corrected chi connectivity index (χ4v) is 4.23. The van der Waals surface area contributed by atoms with E-state index in [-0.39, 0.29) is 5.91 Å². The van der Waals surface area contributed by atoms with E-state index in [0.717, 1.165) is 74.5 Å². The van der Waals surface area contributed by atoms with E-state index < -0.39 is 0 Å². The van der Waals surface area contributed by atoms with Crippen molar-refractivity contribution < 1.29 is 4.79 Å². The number of hydrogen-bond acceptors (Lipinski definition) is 5. The molecule has 0 unspecified atom stereocenters. The highest BCUT2D eigenvalue weighted by atomic mass is 16.2. The summed E-state index contributed by atoms with van der Waals surface area (Å²) in [5.74, 6) is 1.41. The molecule has 2 aliphatic rings. The van der Waals surface area contributed by atoms with Gasteiger partial charge >= 0.3 is 0 Å². The van der Waals surface area contributed by atoms with Crippen LogP contribution in [0.2, 0.25) is 0 Å². The van der Waals surface area contributed by atoms with Crippen molar-refractivity contribution in [3.63, 3.8) is 0 Å². The first-order valence-electron chi connectivity index (χ1n) is 9.95. The van der Waals surface area contributed by atoms with Crippen molar-refractivity contribution in [2.24, 2.45) is 0 Å². The highest BCUT2D eigenvalue weighted by Crippen LogP contribution is 2.32. The Morgan fingerprint density at radius 3 is 2.70 bits per heavy atom. The molecule has 0 aromatic carbocycles. The molecule has 0 spiro atoms. The first kappa shape index (κ1) is 18.0. The standard InChI is InChI=1S/C21H27N5O/c1-16-23-13-19(17-6-8-22-9-7-17)21(24-16)18-5-4-10-25(14-18)15-20(27)26-11-2-3-12-26/h6-9,13,18H,2-5,10-12,14-15H2,1H3/t18-/m1/s1. The van der Waals surface area contributed by atoms with Gasteiger partial charge in [0.2, 0.25) is 5.91 Å². The monoisotopic (exact) mass is 365 g/mol. The number of hydrogen-bond donors (Lipinski definition) is 0. The van der Waals surface area contributed by atoms with Crippen LogP contribution in [0.25, 0.3) is 11.1 Å². The van der Waals surface area contributed by atoms with Crippen molar-refractivity contribution >= 4 is 5.91 Å². The number of piperidine rings is 1. The minimum absolute atomic E-state index is 0.279. The van der Waals surface area contributed by atoms with Crippen LogP contribution >= 0.6 is 0 Å². The predicted molar refractivity (Wildman–Crippen MR) is 104 cm³/mol. The molecule has 0 bridgehead atoms. The third kappa shape index (κ3) is 4.16. The topological polar surface area (TPSA) is 62.2 Å². The Bertz CT molecular complexity index is 788. The molecule has 2 saturated heterocycles. The molecule has 4 heterocycles. The summed E-state index contributed by atoms with van der Waals surface area (Å²) >= 11 is 0. The van der Waals surface area contributed by atoms with Crippen molar-refractivity contribution in [3.05, 3.63) is 42.2 Å². The number of rotatable bonds is 4. The van der Waals surface area contributed by atoms with Gasteiger partial charge in [-0.1, -0.05) is 0 Å². The number of aryl methyl sites for hydroxylation is 1. The van der Waals surface area contributed by atoms with Crippen molar-refractivity contribution in [1.82, 2.24) is 24.8 Å². The molecule has 0 radical (unpaired) electrons. The molecule has 2 aromatic heterocycles. The molecule has 2 aromatic rings. The minimum Gasteiger partial charge on any atom is -0.342 e. The lowest BCUT2D eigenvalue weighted by molar-refractivity contribution is -0.131. The minimum atomic E-state index is 0.279. The van der Waals surface area contributed by atoms with E-state index in [1.54, 1.807) is 12.4 Å². The fraction of sp³-hybridized carbons (Fsp3) is 0.524. The van der Waals surface area contributed by atoms with Gasteiger partial charge in [0.05, 0.1) is 12.2 Å². The first-order valence-corrected chi connectivity index (χ1v) is 9.95. The Hall–Kier alpha value is -2.34. The van der Waals surface area contributed by atoms with Crippen LogP contribution in [0.5, 0.6) is 0 Å². The van der Waals surface area contributed by atoms with E-state index in [4.69, 9.17) is 4.98 Å². The van der Waals surface area contributed by atoms with Crippen LogP contribution < -0.4 is 0 Å². The lowest BCUT2D eigenvalue weighted by Crippen LogP contribution is -2.43. The quantitative estimate of drug-likeness (QED) is 0.834. The summed E-state index contributed by atoms with van der Waals surface area (Å²) in [4.78, 5) is 30.2. The number of nitrogens with zero attached hydrogens (tertiary/aromatic N) is 5. The van der Waals surface area contributed by atoms with Gasteiger partial charge in [-0.3, -0.25) is 14.7 Å². The highest BCUT2D eigenvalue weighted by molar-refractivity contribution is 5.78. The normalized spacial score (nSPS) is 20.8. The molecule has 1 atom stereocenters. The van der Waals surface area contributed by atoms with Gasteiger partial charge in [0, 0.05) is 49.7 Å². The number of pyridine rings is 1. The Morgan fingerprint density at radius 2 is 1.93 bits per heavy atom. The molecular formula is C21H27N5O. The number of likely N-dealkylation sites (tertiary alicyclic amines) is 2. The maximum Gasteiger partial charge on any atom is 0.236 e. The largest absolute Gasteiger partial charge is 0.342 e. The van der Waals surface area contributed by atoms with Gasteiger partial charge in [0.25, 0.3) is 0 Å². The summed E-state index contributed by atoms with van der Waals surface area (Å²) < 4.78 is 0. The summed E-state index contributed by atoms with van der Waals surface area (Å²) in [5.41, 5.74) is 3.29. The molecule has 0 aliphatic carbocycles. The van der Waals surface area contributed by atoms with Crippen LogP contribution in [0, 0.1) is 6.92 Å². The smallest absolute Gasteiger partial charge is 0.236 e. The lowest BCUT2D eigenvalue weighted by Gasteiger charge is -2.33. The predicted octanol–water partition coefficient (Wildman–Crippen LogP) is 2.65. The Morgan fingerprint density at radius 1 is 1.15 bits per heavy atom. The average Bonchev–Trinajstić information content (AvgIpc) is 3.24. The van der Waals surface area contributed by atoms with Gasteiger partial charge in [0.1, 0.15) is 5.82 Å². The van der Waals surface area contributed by atoms with Gasteiger partial charge in [-0.2, -0.15) is 0 Å². The first-order chi connectivity index (χ1) is 13.2. The van der Waals surface area contributed by atoms with Gasteiger partial charge in [-0.25, -0.2) is 9.97 Å². The molecule has 6 nitrogen and oxygen atoms in total. The molecule has 2 fully saturated rings. The van der Waals surface area contributed by atoms with Crippen molar-refractivity contribution in [1.29, 1.82) is 0 Å². The van der Waals surface area contributed by atoms with E-state index in [0.29, 0.717) is 12.5 Å². The average molecular weight is 365 g/mol. The van der Waals surface area contributed by atoms with Crippen molar-refractivity contribution in [2.75, 3.05) is 32.7 Å². The Balaban J connectivity index is 1.52. The summed E-state index contributed by atoms with van der Waals surface area (Å²) in [5, 5.41) is 0. The van der Waals surface area contributed by atoms with Crippen LogP contribution in [0.4, 0.5) is 0 Å². The molecular weight excluding hydrogens is 338 g/mol. The maximum absolute atomic E-state index is 12.6. The Labute approximate surface area is 160 Å². The zero-order valence-electron chi connectivity index (χ0n) is 16.0. The second-order valence-corrected chi connectivity index (χ2v) is 7.61. The van der Waals surface area contributed by atoms with Crippen LogP contribution in [0.3, 0.4) is 0 Å². The zero-order chi connectivity index (χ0) is 18.6. The fourth-order valence-electron chi connectivity index (χ4n) is 4.23. The lowest BCUT2D eigenvalue weighted by atomic mass is 9.90.